The summed E-state index contributed by atoms with van der Waals surface area (Å²) in [5.74, 6) is 1.25. The fraction of sp³-hybridized carbons (Fsp3) is 0.190. The molecule has 0 radical (unpaired) electrons. The van der Waals surface area contributed by atoms with Crippen LogP contribution < -0.4 is 10.3 Å². The normalized spacial score (nSPS) is 11.1. The van der Waals surface area contributed by atoms with Crippen LogP contribution in [-0.4, -0.2) is 34.0 Å². The van der Waals surface area contributed by atoms with E-state index in [2.05, 4.69) is 9.97 Å². The minimum atomic E-state index is -0.231. The lowest BCUT2D eigenvalue weighted by Gasteiger charge is -2.05. The third-order valence-electron chi connectivity index (χ3n) is 4.46. The molecule has 2 heterocycles. The van der Waals surface area contributed by atoms with Crippen LogP contribution in [-0.2, 0) is 17.9 Å². The van der Waals surface area contributed by atoms with Gasteiger partial charge in [-0.2, -0.15) is 5.10 Å². The van der Waals surface area contributed by atoms with Gasteiger partial charge in [0, 0.05) is 18.6 Å². The number of rotatable bonds is 6. The number of nitrogens with zero attached hydrogens (tertiary/aromatic N) is 3. The summed E-state index contributed by atoms with van der Waals surface area (Å²) in [5, 5.41) is 5.68. The van der Waals surface area contributed by atoms with Gasteiger partial charge in [0.05, 0.1) is 31.5 Å². The Morgan fingerprint density at radius 2 is 1.86 bits per heavy atom. The first-order chi connectivity index (χ1) is 13.7. The Bertz CT molecular complexity index is 1160. The Balaban J connectivity index is 1.79. The summed E-state index contributed by atoms with van der Waals surface area (Å²) in [7, 11) is 3.22. The molecule has 0 bridgehead atoms. The highest BCUT2D eigenvalue weighted by Crippen LogP contribution is 2.26. The summed E-state index contributed by atoms with van der Waals surface area (Å²) in [6.07, 6.45) is 0. The van der Waals surface area contributed by atoms with Gasteiger partial charge in [-0.15, -0.1) is 0 Å². The SMILES string of the molecule is COCc1cc(=O)[nH]c(-c2nn(Cc3ccc(OC)cc3)c3ccccc23)n1. The third-order valence-corrected chi connectivity index (χ3v) is 4.46. The predicted molar refractivity (Wildman–Crippen MR) is 106 cm³/mol. The molecule has 7 nitrogen and oxygen atoms in total. The zero-order chi connectivity index (χ0) is 19.5. The molecule has 2 aromatic heterocycles. The molecule has 142 valence electrons. The maximum atomic E-state index is 12.1. The van der Waals surface area contributed by atoms with Crippen molar-refractivity contribution in [1.29, 1.82) is 0 Å². The zero-order valence-corrected chi connectivity index (χ0v) is 15.7. The lowest BCUT2D eigenvalue weighted by molar-refractivity contribution is 0.181. The Hall–Kier alpha value is -3.45. The summed E-state index contributed by atoms with van der Waals surface area (Å²) in [5.41, 5.74) is 3.03. The van der Waals surface area contributed by atoms with E-state index in [0.29, 0.717) is 23.8 Å². The standard InChI is InChI=1S/C21H20N4O3/c1-27-13-15-11-19(26)23-21(22-15)20-17-5-3-4-6-18(17)25(24-20)12-14-7-9-16(28-2)10-8-14/h3-11H,12-13H2,1-2H3,(H,22,23,26). The fourth-order valence-corrected chi connectivity index (χ4v) is 3.17. The molecule has 28 heavy (non-hydrogen) atoms. The second-order valence-electron chi connectivity index (χ2n) is 6.39. The molecule has 0 aliphatic heterocycles. The summed E-state index contributed by atoms with van der Waals surface area (Å²) in [6.45, 7) is 0.855. The van der Waals surface area contributed by atoms with E-state index in [1.807, 2.05) is 53.2 Å². The van der Waals surface area contributed by atoms with Crippen LogP contribution in [0.3, 0.4) is 0 Å². The number of methoxy groups -OCH3 is 2. The maximum Gasteiger partial charge on any atom is 0.251 e. The first-order valence-electron chi connectivity index (χ1n) is 8.86. The van der Waals surface area contributed by atoms with E-state index in [4.69, 9.17) is 14.6 Å². The quantitative estimate of drug-likeness (QED) is 0.559. The Morgan fingerprint density at radius 1 is 1.07 bits per heavy atom. The molecule has 0 aliphatic carbocycles. The third kappa shape index (κ3) is 3.52. The average molecular weight is 376 g/mol. The number of ether oxygens (including phenoxy) is 2. The zero-order valence-electron chi connectivity index (χ0n) is 15.7. The summed E-state index contributed by atoms with van der Waals surface area (Å²) in [6, 6.07) is 17.2. The minimum Gasteiger partial charge on any atom is -0.497 e. The molecule has 0 fully saturated rings. The molecule has 4 rings (SSSR count). The van der Waals surface area contributed by atoms with Crippen LogP contribution in [0.15, 0.2) is 59.4 Å². The van der Waals surface area contributed by atoms with Crippen molar-refractivity contribution in [3.05, 3.63) is 76.2 Å². The molecular weight excluding hydrogens is 356 g/mol. The van der Waals surface area contributed by atoms with E-state index in [0.717, 1.165) is 22.2 Å². The van der Waals surface area contributed by atoms with Gasteiger partial charge in [-0.05, 0) is 23.8 Å². The topological polar surface area (TPSA) is 82.0 Å². The van der Waals surface area contributed by atoms with E-state index in [1.54, 1.807) is 14.2 Å². The van der Waals surface area contributed by atoms with Crippen LogP contribution in [0.5, 0.6) is 5.75 Å². The summed E-state index contributed by atoms with van der Waals surface area (Å²) in [4.78, 5) is 19.4. The number of aromatic nitrogens is 4. The van der Waals surface area contributed by atoms with Crippen molar-refractivity contribution < 1.29 is 9.47 Å². The molecular formula is C21H20N4O3. The first-order valence-corrected chi connectivity index (χ1v) is 8.86. The molecule has 2 aromatic carbocycles. The Morgan fingerprint density at radius 3 is 2.61 bits per heavy atom. The maximum absolute atomic E-state index is 12.1. The average Bonchev–Trinajstić information content (AvgIpc) is 3.07. The molecule has 1 N–H and O–H groups in total. The number of aromatic amines is 1. The van der Waals surface area contributed by atoms with Crippen LogP contribution in [0.1, 0.15) is 11.3 Å². The van der Waals surface area contributed by atoms with Crippen molar-refractivity contribution >= 4 is 10.9 Å². The highest BCUT2D eigenvalue weighted by molar-refractivity contribution is 5.91. The van der Waals surface area contributed by atoms with Crippen LogP contribution in [0.4, 0.5) is 0 Å². The van der Waals surface area contributed by atoms with Crippen LogP contribution >= 0.6 is 0 Å². The smallest absolute Gasteiger partial charge is 0.251 e. The van der Waals surface area contributed by atoms with Gasteiger partial charge in [0.25, 0.3) is 5.56 Å². The van der Waals surface area contributed by atoms with E-state index >= 15 is 0 Å². The van der Waals surface area contributed by atoms with Crippen LogP contribution in [0.25, 0.3) is 22.4 Å². The summed E-state index contributed by atoms with van der Waals surface area (Å²) < 4.78 is 12.2. The van der Waals surface area contributed by atoms with Crippen molar-refractivity contribution in [2.45, 2.75) is 13.2 Å². The van der Waals surface area contributed by atoms with E-state index in [-0.39, 0.29) is 12.2 Å². The van der Waals surface area contributed by atoms with Gasteiger partial charge < -0.3 is 14.5 Å². The number of benzene rings is 2. The molecule has 4 aromatic rings. The number of fused-ring (bicyclic) bond motifs is 1. The predicted octanol–water partition coefficient (Wildman–Crippen LogP) is 2.99. The van der Waals surface area contributed by atoms with Crippen LogP contribution in [0.2, 0.25) is 0 Å². The highest BCUT2D eigenvalue weighted by atomic mass is 16.5. The van der Waals surface area contributed by atoms with Gasteiger partial charge in [-0.3, -0.25) is 9.48 Å². The number of H-pyrrole nitrogens is 1. The molecule has 7 heteroatoms. The lowest BCUT2D eigenvalue weighted by Crippen LogP contribution is -2.11. The molecule has 0 amide bonds. The number of hydrogen-bond donors (Lipinski definition) is 1. The Kier molecular flexibility index (Phi) is 4.90. The lowest BCUT2D eigenvalue weighted by atomic mass is 10.2. The fourth-order valence-electron chi connectivity index (χ4n) is 3.17. The molecule has 0 saturated carbocycles. The van der Waals surface area contributed by atoms with Gasteiger partial charge in [0.15, 0.2) is 5.82 Å². The van der Waals surface area contributed by atoms with E-state index < -0.39 is 0 Å². The van der Waals surface area contributed by atoms with Gasteiger partial charge in [-0.1, -0.05) is 30.3 Å². The van der Waals surface area contributed by atoms with Crippen LogP contribution in [0, 0.1) is 0 Å². The Labute approximate surface area is 161 Å². The summed E-state index contributed by atoms with van der Waals surface area (Å²) >= 11 is 0. The number of nitrogens with one attached hydrogen (secondary N) is 1. The van der Waals surface area contributed by atoms with E-state index in [9.17, 15) is 4.79 Å². The molecule has 0 saturated heterocycles. The molecule has 0 spiro atoms. The highest BCUT2D eigenvalue weighted by Gasteiger charge is 2.15. The second kappa shape index (κ2) is 7.66. The first kappa shape index (κ1) is 17.9. The molecule has 0 aliphatic rings. The van der Waals surface area contributed by atoms with Gasteiger partial charge in [0.2, 0.25) is 0 Å². The monoisotopic (exact) mass is 376 g/mol. The molecule has 0 unspecified atom stereocenters. The van der Waals surface area contributed by atoms with Gasteiger partial charge in [0.1, 0.15) is 11.4 Å². The van der Waals surface area contributed by atoms with Gasteiger partial charge >= 0.3 is 0 Å². The minimum absolute atomic E-state index is 0.231. The number of hydrogen-bond acceptors (Lipinski definition) is 5. The van der Waals surface area contributed by atoms with Crippen molar-refractivity contribution in [2.75, 3.05) is 14.2 Å². The van der Waals surface area contributed by atoms with Crippen molar-refractivity contribution in [2.24, 2.45) is 0 Å². The van der Waals surface area contributed by atoms with E-state index in [1.165, 1.54) is 6.07 Å². The molecule has 0 atom stereocenters. The van der Waals surface area contributed by atoms with Gasteiger partial charge in [-0.25, -0.2) is 4.98 Å². The van der Waals surface area contributed by atoms with Crippen molar-refractivity contribution in [1.82, 2.24) is 19.7 Å². The van der Waals surface area contributed by atoms with Crippen molar-refractivity contribution in [3.63, 3.8) is 0 Å². The largest absolute Gasteiger partial charge is 0.497 e. The second-order valence-corrected chi connectivity index (χ2v) is 6.39. The van der Waals surface area contributed by atoms with Crippen molar-refractivity contribution in [3.8, 4) is 17.3 Å². The number of para-hydroxylation sites is 1.